The first kappa shape index (κ1) is 20.3. The van der Waals surface area contributed by atoms with E-state index in [0.29, 0.717) is 17.8 Å². The highest BCUT2D eigenvalue weighted by atomic mass is 16.1. The number of carbonyl (C=O) groups excluding carboxylic acids is 1. The second kappa shape index (κ2) is 10.2. The van der Waals surface area contributed by atoms with Gasteiger partial charge in [-0.25, -0.2) is 4.68 Å². The molecule has 1 aliphatic heterocycles. The summed E-state index contributed by atoms with van der Waals surface area (Å²) < 4.78 is 1.76. The van der Waals surface area contributed by atoms with Gasteiger partial charge < -0.3 is 10.2 Å². The summed E-state index contributed by atoms with van der Waals surface area (Å²) in [5.41, 5.74) is 2.98. The zero-order valence-corrected chi connectivity index (χ0v) is 17.3. The van der Waals surface area contributed by atoms with E-state index in [0.717, 1.165) is 24.2 Å². The van der Waals surface area contributed by atoms with Crippen LogP contribution in [0.2, 0.25) is 0 Å². The molecule has 156 valence electrons. The molecule has 1 fully saturated rings. The number of likely N-dealkylation sites (tertiary alicyclic amines) is 1. The summed E-state index contributed by atoms with van der Waals surface area (Å²) in [5, 5.41) is 7.78. The van der Waals surface area contributed by atoms with E-state index in [-0.39, 0.29) is 5.91 Å². The Hall–Kier alpha value is -2.99. The van der Waals surface area contributed by atoms with Gasteiger partial charge in [-0.05, 0) is 63.2 Å². The Morgan fingerprint density at radius 1 is 1.00 bits per heavy atom. The highest BCUT2D eigenvalue weighted by Crippen LogP contribution is 2.23. The molecule has 0 bridgehead atoms. The van der Waals surface area contributed by atoms with Gasteiger partial charge in [-0.1, -0.05) is 31.0 Å². The smallest absolute Gasteiger partial charge is 0.255 e. The maximum absolute atomic E-state index is 13.0. The molecule has 1 saturated heterocycles. The fraction of sp³-hybridized carbons (Fsp3) is 0.375. The van der Waals surface area contributed by atoms with Crippen molar-refractivity contribution in [3.63, 3.8) is 0 Å². The Morgan fingerprint density at radius 2 is 1.80 bits per heavy atom. The largest absolute Gasteiger partial charge is 0.352 e. The molecular weight excluding hydrogens is 374 g/mol. The van der Waals surface area contributed by atoms with Gasteiger partial charge in [0.15, 0.2) is 0 Å². The molecule has 3 heterocycles. The van der Waals surface area contributed by atoms with Crippen molar-refractivity contribution in [2.24, 2.45) is 0 Å². The van der Waals surface area contributed by atoms with Crippen LogP contribution in [0.1, 0.15) is 42.5 Å². The van der Waals surface area contributed by atoms with Crippen molar-refractivity contribution in [1.29, 1.82) is 0 Å². The van der Waals surface area contributed by atoms with Gasteiger partial charge in [-0.2, -0.15) is 5.10 Å². The van der Waals surface area contributed by atoms with Crippen molar-refractivity contribution in [2.75, 3.05) is 26.2 Å². The maximum atomic E-state index is 13.0. The summed E-state index contributed by atoms with van der Waals surface area (Å²) >= 11 is 0. The molecule has 6 heteroatoms. The molecule has 3 aromatic rings. The lowest BCUT2D eigenvalue weighted by Crippen LogP contribution is -2.30. The van der Waals surface area contributed by atoms with Crippen LogP contribution in [0, 0.1) is 0 Å². The number of hydrogen-bond acceptors (Lipinski definition) is 4. The molecule has 1 aromatic carbocycles. The van der Waals surface area contributed by atoms with Crippen LogP contribution in [0.25, 0.3) is 16.9 Å². The average Bonchev–Trinajstić information content (AvgIpc) is 3.09. The van der Waals surface area contributed by atoms with Crippen LogP contribution in [-0.4, -0.2) is 51.8 Å². The molecule has 0 spiro atoms. The van der Waals surface area contributed by atoms with Gasteiger partial charge in [0.2, 0.25) is 0 Å². The Kier molecular flexibility index (Phi) is 6.87. The molecule has 0 radical (unpaired) electrons. The number of hydrogen-bond donors (Lipinski definition) is 1. The summed E-state index contributed by atoms with van der Waals surface area (Å²) in [4.78, 5) is 19.7. The number of rotatable bonds is 7. The molecule has 1 N–H and O–H groups in total. The maximum Gasteiger partial charge on any atom is 0.255 e. The first-order valence-corrected chi connectivity index (χ1v) is 10.9. The third kappa shape index (κ3) is 5.13. The first-order chi connectivity index (χ1) is 14.8. The second-order valence-electron chi connectivity index (χ2n) is 7.78. The van der Waals surface area contributed by atoms with Crippen molar-refractivity contribution in [3.05, 3.63) is 66.6 Å². The monoisotopic (exact) mass is 403 g/mol. The topological polar surface area (TPSA) is 63.1 Å². The number of nitrogens with one attached hydrogen (secondary N) is 1. The van der Waals surface area contributed by atoms with E-state index < -0.39 is 0 Å². The molecule has 0 aliphatic carbocycles. The van der Waals surface area contributed by atoms with Crippen molar-refractivity contribution >= 4 is 5.91 Å². The fourth-order valence-electron chi connectivity index (χ4n) is 3.93. The molecular formula is C24H29N5O. The quantitative estimate of drug-likeness (QED) is 0.607. The minimum absolute atomic E-state index is 0.0908. The molecule has 0 atom stereocenters. The fourth-order valence-corrected chi connectivity index (χ4v) is 3.93. The number of benzene rings is 1. The van der Waals surface area contributed by atoms with E-state index in [1.54, 1.807) is 17.1 Å². The number of amides is 1. The van der Waals surface area contributed by atoms with Crippen LogP contribution in [0.3, 0.4) is 0 Å². The standard InChI is InChI=1S/C24H29N5O/c30-24(26-14-9-17-28-15-6-1-2-7-16-28)22-19-29(21-11-4-3-5-12-21)27-23(22)20-10-8-13-25-18-20/h3-5,8,10-13,18-19H,1-2,6-7,9,14-17H2,(H,26,30). The molecule has 1 aliphatic rings. The molecule has 0 unspecified atom stereocenters. The molecule has 0 saturated carbocycles. The van der Waals surface area contributed by atoms with Crippen LogP contribution < -0.4 is 5.32 Å². The number of carbonyl (C=O) groups is 1. The van der Waals surface area contributed by atoms with Crippen LogP contribution in [-0.2, 0) is 0 Å². The third-order valence-electron chi connectivity index (χ3n) is 5.55. The lowest BCUT2D eigenvalue weighted by atomic mass is 10.1. The molecule has 4 rings (SSSR count). The van der Waals surface area contributed by atoms with E-state index in [1.807, 2.05) is 48.7 Å². The zero-order valence-electron chi connectivity index (χ0n) is 17.3. The van der Waals surface area contributed by atoms with Gasteiger partial charge >= 0.3 is 0 Å². The predicted molar refractivity (Wildman–Crippen MR) is 119 cm³/mol. The number of nitrogens with zero attached hydrogens (tertiary/aromatic N) is 4. The van der Waals surface area contributed by atoms with E-state index in [1.165, 1.54) is 38.8 Å². The Labute approximate surface area is 177 Å². The van der Waals surface area contributed by atoms with Gasteiger partial charge in [0, 0.05) is 30.7 Å². The molecule has 2 aromatic heterocycles. The van der Waals surface area contributed by atoms with Gasteiger partial charge in [0.25, 0.3) is 5.91 Å². The van der Waals surface area contributed by atoms with Gasteiger partial charge in [-0.15, -0.1) is 0 Å². The lowest BCUT2D eigenvalue weighted by Gasteiger charge is -2.19. The number of aromatic nitrogens is 3. The molecule has 6 nitrogen and oxygen atoms in total. The lowest BCUT2D eigenvalue weighted by molar-refractivity contribution is 0.0952. The number of pyridine rings is 1. The molecule has 1 amide bonds. The second-order valence-corrected chi connectivity index (χ2v) is 7.78. The van der Waals surface area contributed by atoms with E-state index in [9.17, 15) is 4.79 Å². The first-order valence-electron chi connectivity index (χ1n) is 10.9. The van der Waals surface area contributed by atoms with E-state index >= 15 is 0 Å². The Bertz CT molecular complexity index is 931. The van der Waals surface area contributed by atoms with E-state index in [2.05, 4.69) is 15.2 Å². The highest BCUT2D eigenvalue weighted by molar-refractivity contribution is 5.99. The normalized spacial score (nSPS) is 14.9. The van der Waals surface area contributed by atoms with Crippen LogP contribution >= 0.6 is 0 Å². The minimum Gasteiger partial charge on any atom is -0.352 e. The van der Waals surface area contributed by atoms with Crippen LogP contribution in [0.4, 0.5) is 0 Å². The average molecular weight is 404 g/mol. The summed E-state index contributed by atoms with van der Waals surface area (Å²) in [5.74, 6) is -0.0908. The highest BCUT2D eigenvalue weighted by Gasteiger charge is 2.18. The third-order valence-corrected chi connectivity index (χ3v) is 5.55. The summed E-state index contributed by atoms with van der Waals surface area (Å²) in [7, 11) is 0. The Balaban J connectivity index is 1.45. The van der Waals surface area contributed by atoms with Crippen molar-refractivity contribution in [1.82, 2.24) is 25.0 Å². The number of para-hydroxylation sites is 1. The van der Waals surface area contributed by atoms with E-state index in [4.69, 9.17) is 5.10 Å². The van der Waals surface area contributed by atoms with Crippen molar-refractivity contribution in [3.8, 4) is 16.9 Å². The van der Waals surface area contributed by atoms with Gasteiger partial charge in [0.1, 0.15) is 5.69 Å². The van der Waals surface area contributed by atoms with Crippen LogP contribution in [0.5, 0.6) is 0 Å². The SMILES string of the molecule is O=C(NCCCN1CCCCCC1)c1cn(-c2ccccc2)nc1-c1cccnc1. The minimum atomic E-state index is -0.0908. The predicted octanol–water partition coefficient (Wildman–Crippen LogP) is 3.93. The zero-order chi connectivity index (χ0) is 20.6. The molecule has 30 heavy (non-hydrogen) atoms. The summed E-state index contributed by atoms with van der Waals surface area (Å²) in [6.07, 6.45) is 11.5. The van der Waals surface area contributed by atoms with Crippen molar-refractivity contribution in [2.45, 2.75) is 32.1 Å². The summed E-state index contributed by atoms with van der Waals surface area (Å²) in [6.45, 7) is 4.07. The Morgan fingerprint density at radius 3 is 2.53 bits per heavy atom. The summed E-state index contributed by atoms with van der Waals surface area (Å²) in [6, 6.07) is 13.6. The van der Waals surface area contributed by atoms with Crippen LogP contribution in [0.15, 0.2) is 61.1 Å². The van der Waals surface area contributed by atoms with Gasteiger partial charge in [0.05, 0.1) is 11.3 Å². The van der Waals surface area contributed by atoms with Gasteiger partial charge in [-0.3, -0.25) is 9.78 Å². The van der Waals surface area contributed by atoms with Crippen molar-refractivity contribution < 1.29 is 4.79 Å².